The van der Waals surface area contributed by atoms with E-state index in [1.807, 2.05) is 66.9 Å². The molecule has 2 aromatic carbocycles. The maximum Gasteiger partial charge on any atom is 0.138 e. The number of nitrogens with zero attached hydrogens (tertiary/aromatic N) is 2. The lowest BCUT2D eigenvalue weighted by Gasteiger charge is -2.05. The minimum atomic E-state index is 0.731. The van der Waals surface area contributed by atoms with E-state index in [2.05, 4.69) is 16.5 Å². The highest BCUT2D eigenvalue weighted by Gasteiger charge is 2.15. The summed E-state index contributed by atoms with van der Waals surface area (Å²) in [4.78, 5) is 6.00. The standard InChI is InChI=1S/C19H13ClN2S/c20-15-11-9-14(10-12-15)18-19(23-16-6-2-1-3-7-16)22-13-5-4-8-17(22)21-18/h1-13H. The molecule has 4 aromatic rings. The molecule has 0 aliphatic rings. The van der Waals surface area contributed by atoms with E-state index in [9.17, 15) is 0 Å². The molecule has 0 fully saturated rings. The maximum absolute atomic E-state index is 6.02. The van der Waals surface area contributed by atoms with Crippen molar-refractivity contribution in [1.29, 1.82) is 0 Å². The Morgan fingerprint density at radius 1 is 0.826 bits per heavy atom. The Hall–Kier alpha value is -2.23. The zero-order chi connectivity index (χ0) is 15.6. The van der Waals surface area contributed by atoms with Gasteiger partial charge >= 0.3 is 0 Å². The fourth-order valence-electron chi connectivity index (χ4n) is 2.47. The van der Waals surface area contributed by atoms with Gasteiger partial charge in [-0.25, -0.2) is 4.98 Å². The van der Waals surface area contributed by atoms with Crippen LogP contribution in [0.4, 0.5) is 0 Å². The van der Waals surface area contributed by atoms with Crippen molar-refractivity contribution in [2.24, 2.45) is 0 Å². The molecule has 0 amide bonds. The van der Waals surface area contributed by atoms with Gasteiger partial charge in [-0.3, -0.25) is 4.40 Å². The number of pyridine rings is 1. The first kappa shape index (κ1) is 14.4. The molecule has 0 saturated carbocycles. The molecule has 23 heavy (non-hydrogen) atoms. The number of hydrogen-bond donors (Lipinski definition) is 0. The van der Waals surface area contributed by atoms with Gasteiger partial charge in [0, 0.05) is 21.7 Å². The molecule has 4 heteroatoms. The van der Waals surface area contributed by atoms with E-state index in [0.29, 0.717) is 0 Å². The van der Waals surface area contributed by atoms with Gasteiger partial charge in [-0.15, -0.1) is 0 Å². The third kappa shape index (κ3) is 2.85. The van der Waals surface area contributed by atoms with Crippen LogP contribution in [-0.4, -0.2) is 9.38 Å². The van der Waals surface area contributed by atoms with Crippen molar-refractivity contribution < 1.29 is 0 Å². The lowest BCUT2D eigenvalue weighted by atomic mass is 10.2. The topological polar surface area (TPSA) is 17.3 Å². The van der Waals surface area contributed by atoms with Crippen LogP contribution in [0.2, 0.25) is 5.02 Å². The van der Waals surface area contributed by atoms with Gasteiger partial charge < -0.3 is 0 Å². The monoisotopic (exact) mass is 336 g/mol. The van der Waals surface area contributed by atoms with E-state index >= 15 is 0 Å². The molecule has 112 valence electrons. The van der Waals surface area contributed by atoms with Crippen molar-refractivity contribution in [1.82, 2.24) is 9.38 Å². The first-order valence-corrected chi connectivity index (χ1v) is 8.47. The predicted molar refractivity (Wildman–Crippen MR) is 96.2 cm³/mol. The van der Waals surface area contributed by atoms with Gasteiger partial charge in [0.15, 0.2) is 0 Å². The van der Waals surface area contributed by atoms with Gasteiger partial charge in [-0.1, -0.05) is 59.8 Å². The molecule has 4 rings (SSSR count). The second kappa shape index (κ2) is 6.11. The van der Waals surface area contributed by atoms with Crippen LogP contribution in [0.15, 0.2) is 88.9 Å². The van der Waals surface area contributed by atoms with E-state index in [4.69, 9.17) is 16.6 Å². The number of benzene rings is 2. The second-order valence-corrected chi connectivity index (χ2v) is 6.62. The largest absolute Gasteiger partial charge is 0.294 e. The smallest absolute Gasteiger partial charge is 0.138 e. The molecule has 2 aromatic heterocycles. The summed E-state index contributed by atoms with van der Waals surface area (Å²) in [5.74, 6) is 0. The zero-order valence-electron chi connectivity index (χ0n) is 12.2. The third-order valence-corrected chi connectivity index (χ3v) is 4.90. The Morgan fingerprint density at radius 3 is 2.35 bits per heavy atom. The number of hydrogen-bond acceptors (Lipinski definition) is 2. The molecule has 0 aliphatic heterocycles. The van der Waals surface area contributed by atoms with Crippen LogP contribution >= 0.6 is 23.4 Å². The van der Waals surface area contributed by atoms with E-state index < -0.39 is 0 Å². The molecule has 0 saturated heterocycles. The minimum absolute atomic E-state index is 0.731. The SMILES string of the molecule is Clc1ccc(-c2nc3ccccn3c2Sc2ccccc2)cc1. The van der Waals surface area contributed by atoms with Gasteiger partial charge in [0.2, 0.25) is 0 Å². The van der Waals surface area contributed by atoms with Crippen molar-refractivity contribution in [3.8, 4) is 11.3 Å². The van der Waals surface area contributed by atoms with Gasteiger partial charge in [-0.05, 0) is 36.4 Å². The molecule has 0 aliphatic carbocycles. The molecule has 0 N–H and O–H groups in total. The fraction of sp³-hybridized carbons (Fsp3) is 0. The Bertz CT molecular complexity index is 946. The van der Waals surface area contributed by atoms with Gasteiger partial charge in [-0.2, -0.15) is 0 Å². The Balaban J connectivity index is 1.89. The fourth-order valence-corrected chi connectivity index (χ4v) is 3.62. The predicted octanol–water partition coefficient (Wildman–Crippen LogP) is 5.81. The average Bonchev–Trinajstić information content (AvgIpc) is 2.95. The van der Waals surface area contributed by atoms with E-state index in [-0.39, 0.29) is 0 Å². The van der Waals surface area contributed by atoms with Gasteiger partial charge in [0.05, 0.1) is 0 Å². The first-order valence-electron chi connectivity index (χ1n) is 7.27. The molecule has 2 nitrogen and oxygen atoms in total. The minimum Gasteiger partial charge on any atom is -0.294 e. The summed E-state index contributed by atoms with van der Waals surface area (Å²) in [6.07, 6.45) is 2.05. The molecule has 0 spiro atoms. The summed E-state index contributed by atoms with van der Waals surface area (Å²) in [5.41, 5.74) is 2.98. The lowest BCUT2D eigenvalue weighted by molar-refractivity contribution is 1.05. The molecular formula is C19H13ClN2S. The number of halogens is 1. The number of fused-ring (bicyclic) bond motifs is 1. The maximum atomic E-state index is 6.02. The highest BCUT2D eigenvalue weighted by atomic mass is 35.5. The van der Waals surface area contributed by atoms with Crippen LogP contribution in [-0.2, 0) is 0 Å². The molecule has 0 bridgehead atoms. The van der Waals surface area contributed by atoms with Crippen molar-refractivity contribution in [3.63, 3.8) is 0 Å². The third-order valence-electron chi connectivity index (χ3n) is 3.56. The molecule has 0 atom stereocenters. The second-order valence-electron chi connectivity index (χ2n) is 5.12. The number of imidazole rings is 1. The number of rotatable bonds is 3. The van der Waals surface area contributed by atoms with Crippen molar-refractivity contribution in [2.45, 2.75) is 9.92 Å². The lowest BCUT2D eigenvalue weighted by Crippen LogP contribution is -1.86. The van der Waals surface area contributed by atoms with Crippen LogP contribution in [0.1, 0.15) is 0 Å². The zero-order valence-corrected chi connectivity index (χ0v) is 13.8. The number of aromatic nitrogens is 2. The highest BCUT2D eigenvalue weighted by Crippen LogP contribution is 2.36. The summed E-state index contributed by atoms with van der Waals surface area (Å²) in [7, 11) is 0. The van der Waals surface area contributed by atoms with Crippen LogP contribution < -0.4 is 0 Å². The summed E-state index contributed by atoms with van der Waals surface area (Å²) < 4.78 is 2.13. The molecule has 0 unspecified atom stereocenters. The molecule has 2 heterocycles. The molecule has 0 radical (unpaired) electrons. The first-order chi connectivity index (χ1) is 11.3. The molecular weight excluding hydrogens is 324 g/mol. The Kier molecular flexibility index (Phi) is 3.82. The Labute approximate surface area is 143 Å². The summed E-state index contributed by atoms with van der Waals surface area (Å²) in [6, 6.07) is 24.2. The highest BCUT2D eigenvalue weighted by molar-refractivity contribution is 7.99. The van der Waals surface area contributed by atoms with Crippen molar-refractivity contribution in [2.75, 3.05) is 0 Å². The van der Waals surface area contributed by atoms with Crippen LogP contribution in [0, 0.1) is 0 Å². The van der Waals surface area contributed by atoms with Gasteiger partial charge in [0.25, 0.3) is 0 Å². The summed E-state index contributed by atoms with van der Waals surface area (Å²) >= 11 is 7.73. The van der Waals surface area contributed by atoms with Crippen LogP contribution in [0.25, 0.3) is 16.9 Å². The van der Waals surface area contributed by atoms with Gasteiger partial charge in [0.1, 0.15) is 16.4 Å². The van der Waals surface area contributed by atoms with E-state index in [0.717, 1.165) is 27.0 Å². The Morgan fingerprint density at radius 2 is 1.57 bits per heavy atom. The van der Waals surface area contributed by atoms with Crippen molar-refractivity contribution in [3.05, 3.63) is 84.0 Å². The summed E-state index contributed by atoms with van der Waals surface area (Å²) in [6.45, 7) is 0. The normalized spacial score (nSPS) is 11.0. The van der Waals surface area contributed by atoms with Crippen LogP contribution in [0.3, 0.4) is 0 Å². The van der Waals surface area contributed by atoms with E-state index in [1.165, 1.54) is 4.90 Å². The van der Waals surface area contributed by atoms with Crippen molar-refractivity contribution >= 4 is 29.0 Å². The van der Waals surface area contributed by atoms with E-state index in [1.54, 1.807) is 11.8 Å². The van der Waals surface area contributed by atoms with Crippen LogP contribution in [0.5, 0.6) is 0 Å². The average molecular weight is 337 g/mol. The summed E-state index contributed by atoms with van der Waals surface area (Å²) in [5, 5.41) is 1.84. The quantitative estimate of drug-likeness (QED) is 0.470.